The second-order valence-electron chi connectivity index (χ2n) is 7.65. The Labute approximate surface area is 116 Å². The predicted octanol–water partition coefficient (Wildman–Crippen LogP) is 3.18. The molecular formula is C17H26O2. The molecule has 4 aliphatic carbocycles. The molecular weight excluding hydrogens is 236 g/mol. The van der Waals surface area contributed by atoms with Gasteiger partial charge in [0.2, 0.25) is 0 Å². The summed E-state index contributed by atoms with van der Waals surface area (Å²) in [6, 6.07) is 0. The Kier molecular flexibility index (Phi) is 2.98. The molecule has 4 saturated carbocycles. The quantitative estimate of drug-likeness (QED) is 0.728. The van der Waals surface area contributed by atoms with Crippen LogP contribution in [0.4, 0.5) is 0 Å². The van der Waals surface area contributed by atoms with Gasteiger partial charge in [0, 0.05) is 12.3 Å². The summed E-state index contributed by atoms with van der Waals surface area (Å²) in [5.41, 5.74) is 0. The van der Waals surface area contributed by atoms with E-state index < -0.39 is 0 Å². The molecule has 0 bridgehead atoms. The first-order chi connectivity index (χ1) is 9.24. The molecule has 0 heterocycles. The smallest absolute Gasteiger partial charge is 0.136 e. The molecule has 0 aromatic carbocycles. The van der Waals surface area contributed by atoms with Gasteiger partial charge in [-0.15, -0.1) is 0 Å². The van der Waals surface area contributed by atoms with Gasteiger partial charge in [-0.25, -0.2) is 0 Å². The molecule has 0 aliphatic heterocycles. The molecule has 19 heavy (non-hydrogen) atoms. The summed E-state index contributed by atoms with van der Waals surface area (Å²) in [6.45, 7) is 0. The Balaban J connectivity index is 1.54. The maximum absolute atomic E-state index is 12.0. The number of carbonyl (C=O) groups is 1. The van der Waals surface area contributed by atoms with Crippen molar-refractivity contribution in [3.8, 4) is 0 Å². The zero-order valence-corrected chi connectivity index (χ0v) is 11.8. The highest BCUT2D eigenvalue weighted by atomic mass is 16.3. The summed E-state index contributed by atoms with van der Waals surface area (Å²) in [6.07, 6.45) is 10.5. The van der Waals surface area contributed by atoms with Gasteiger partial charge in [0.05, 0.1) is 6.10 Å². The number of fused-ring (bicyclic) bond motifs is 5. The van der Waals surface area contributed by atoms with Crippen molar-refractivity contribution < 1.29 is 9.90 Å². The molecule has 0 saturated heterocycles. The first kappa shape index (κ1) is 12.4. The van der Waals surface area contributed by atoms with Gasteiger partial charge >= 0.3 is 0 Å². The molecule has 2 heteroatoms. The van der Waals surface area contributed by atoms with E-state index in [1.165, 1.54) is 38.5 Å². The van der Waals surface area contributed by atoms with Crippen LogP contribution in [0.1, 0.15) is 57.8 Å². The Morgan fingerprint density at radius 2 is 1.53 bits per heavy atom. The molecule has 0 aromatic heterocycles. The van der Waals surface area contributed by atoms with E-state index in [-0.39, 0.29) is 6.10 Å². The van der Waals surface area contributed by atoms with Crippen LogP contribution in [-0.2, 0) is 4.79 Å². The van der Waals surface area contributed by atoms with Crippen molar-refractivity contribution in [2.45, 2.75) is 63.9 Å². The Morgan fingerprint density at radius 3 is 2.42 bits per heavy atom. The van der Waals surface area contributed by atoms with Gasteiger partial charge in [0.15, 0.2) is 0 Å². The van der Waals surface area contributed by atoms with Crippen molar-refractivity contribution in [2.24, 2.45) is 35.5 Å². The fraction of sp³-hybridized carbons (Fsp3) is 0.941. The number of Topliss-reactive ketones (excluding diaryl/α,β-unsaturated/α-hetero) is 1. The highest BCUT2D eigenvalue weighted by Crippen LogP contribution is 2.57. The van der Waals surface area contributed by atoms with Gasteiger partial charge in [0.1, 0.15) is 5.78 Å². The summed E-state index contributed by atoms with van der Waals surface area (Å²) >= 11 is 0. The van der Waals surface area contributed by atoms with Crippen molar-refractivity contribution in [3.63, 3.8) is 0 Å². The number of aliphatic hydroxyl groups is 1. The van der Waals surface area contributed by atoms with Gasteiger partial charge < -0.3 is 5.11 Å². The van der Waals surface area contributed by atoms with Crippen LogP contribution < -0.4 is 0 Å². The van der Waals surface area contributed by atoms with Gasteiger partial charge in [-0.2, -0.15) is 0 Å². The lowest BCUT2D eigenvalue weighted by molar-refractivity contribution is -0.124. The molecule has 0 spiro atoms. The lowest BCUT2D eigenvalue weighted by Gasteiger charge is -2.52. The minimum atomic E-state index is -0.0257. The van der Waals surface area contributed by atoms with Crippen molar-refractivity contribution in [1.29, 1.82) is 0 Å². The molecule has 0 aromatic rings. The molecule has 4 rings (SSSR count). The Hall–Kier alpha value is -0.370. The number of ketones is 1. The average molecular weight is 262 g/mol. The normalized spacial score (nSPS) is 53.3. The molecule has 7 atom stereocenters. The molecule has 4 aliphatic rings. The van der Waals surface area contributed by atoms with E-state index in [2.05, 4.69) is 0 Å². The van der Waals surface area contributed by atoms with Crippen LogP contribution in [0.5, 0.6) is 0 Å². The first-order valence-electron chi connectivity index (χ1n) is 8.45. The topological polar surface area (TPSA) is 37.3 Å². The summed E-state index contributed by atoms with van der Waals surface area (Å²) < 4.78 is 0. The Morgan fingerprint density at radius 1 is 0.789 bits per heavy atom. The zero-order chi connectivity index (χ0) is 13.0. The maximum Gasteiger partial charge on any atom is 0.136 e. The van der Waals surface area contributed by atoms with E-state index in [1.807, 2.05) is 0 Å². The lowest BCUT2D eigenvalue weighted by atomic mass is 9.53. The van der Waals surface area contributed by atoms with Crippen LogP contribution in [0.15, 0.2) is 0 Å². The van der Waals surface area contributed by atoms with Crippen LogP contribution >= 0.6 is 0 Å². The van der Waals surface area contributed by atoms with Crippen molar-refractivity contribution in [3.05, 3.63) is 0 Å². The van der Waals surface area contributed by atoms with Crippen LogP contribution in [0.25, 0.3) is 0 Å². The maximum atomic E-state index is 12.0. The van der Waals surface area contributed by atoms with Crippen molar-refractivity contribution in [1.82, 2.24) is 0 Å². The van der Waals surface area contributed by atoms with E-state index in [9.17, 15) is 9.90 Å². The number of aliphatic hydroxyl groups excluding tert-OH is 1. The van der Waals surface area contributed by atoms with E-state index in [0.717, 1.165) is 48.9 Å². The second-order valence-corrected chi connectivity index (χ2v) is 7.65. The van der Waals surface area contributed by atoms with Crippen molar-refractivity contribution >= 4 is 5.78 Å². The van der Waals surface area contributed by atoms with E-state index in [1.54, 1.807) is 0 Å². The van der Waals surface area contributed by atoms with E-state index in [0.29, 0.717) is 11.7 Å². The third-order valence-electron chi connectivity index (χ3n) is 7.00. The van der Waals surface area contributed by atoms with Gasteiger partial charge in [-0.3, -0.25) is 4.79 Å². The standard InChI is InChI=1S/C17H26O2/c18-11-2-4-12-10(9-11)1-3-14-13(12)5-6-16-15(14)7-8-17(16)19/h10-16,18H,1-9H2/t10?,11-,12?,13-,14?,15+,16?/m1/s1. The number of hydrogen-bond donors (Lipinski definition) is 1. The van der Waals surface area contributed by atoms with Gasteiger partial charge in [-0.05, 0) is 81.0 Å². The first-order valence-corrected chi connectivity index (χ1v) is 8.45. The second kappa shape index (κ2) is 4.58. The monoisotopic (exact) mass is 262 g/mol. The average Bonchev–Trinajstić information content (AvgIpc) is 2.80. The molecule has 0 amide bonds. The zero-order valence-electron chi connectivity index (χ0n) is 11.8. The minimum absolute atomic E-state index is 0.0257. The highest BCUT2D eigenvalue weighted by Gasteiger charge is 2.51. The van der Waals surface area contributed by atoms with Crippen LogP contribution in [0, 0.1) is 35.5 Å². The van der Waals surface area contributed by atoms with Crippen molar-refractivity contribution in [2.75, 3.05) is 0 Å². The van der Waals surface area contributed by atoms with Crippen LogP contribution in [0.2, 0.25) is 0 Å². The molecule has 4 fully saturated rings. The number of rotatable bonds is 0. The van der Waals surface area contributed by atoms with Crippen LogP contribution in [-0.4, -0.2) is 17.0 Å². The van der Waals surface area contributed by atoms with E-state index in [4.69, 9.17) is 0 Å². The fourth-order valence-corrected chi connectivity index (χ4v) is 6.25. The largest absolute Gasteiger partial charge is 0.393 e. The summed E-state index contributed by atoms with van der Waals surface area (Å²) in [4.78, 5) is 12.0. The van der Waals surface area contributed by atoms with Gasteiger partial charge in [-0.1, -0.05) is 0 Å². The minimum Gasteiger partial charge on any atom is -0.393 e. The third-order valence-corrected chi connectivity index (χ3v) is 7.00. The number of carbonyl (C=O) groups excluding carboxylic acids is 1. The predicted molar refractivity (Wildman–Crippen MR) is 73.5 cm³/mol. The van der Waals surface area contributed by atoms with Crippen LogP contribution in [0.3, 0.4) is 0 Å². The number of hydrogen-bond acceptors (Lipinski definition) is 2. The third kappa shape index (κ3) is 1.90. The lowest BCUT2D eigenvalue weighted by Crippen LogP contribution is -2.45. The Bertz CT molecular complexity index is 377. The molecule has 0 radical (unpaired) electrons. The fourth-order valence-electron chi connectivity index (χ4n) is 6.25. The summed E-state index contributed by atoms with van der Waals surface area (Å²) in [7, 11) is 0. The molecule has 106 valence electrons. The van der Waals surface area contributed by atoms with E-state index >= 15 is 0 Å². The molecule has 2 nitrogen and oxygen atoms in total. The molecule has 1 N–H and O–H groups in total. The van der Waals surface area contributed by atoms with Gasteiger partial charge in [0.25, 0.3) is 0 Å². The highest BCUT2D eigenvalue weighted by molar-refractivity contribution is 5.83. The summed E-state index contributed by atoms with van der Waals surface area (Å²) in [5.74, 6) is 5.15. The SMILES string of the molecule is O=C1CC[C@@H]2C1CC[C@@H]1C3CC[C@@H](O)CC3CCC21. The summed E-state index contributed by atoms with van der Waals surface area (Å²) in [5, 5.41) is 9.88. The molecule has 4 unspecified atom stereocenters.